The second-order valence-electron chi connectivity index (χ2n) is 6.23. The minimum atomic E-state index is -0.508. The van der Waals surface area contributed by atoms with Crippen LogP contribution in [0.3, 0.4) is 0 Å². The number of carbonyl (C=O) groups is 1. The molecule has 22 heavy (non-hydrogen) atoms. The Morgan fingerprint density at radius 3 is 2.77 bits per heavy atom. The highest BCUT2D eigenvalue weighted by Gasteiger charge is 2.32. The van der Waals surface area contributed by atoms with E-state index in [-0.39, 0.29) is 6.09 Å². The number of ether oxygens (including phenoxy) is 1. The summed E-state index contributed by atoms with van der Waals surface area (Å²) < 4.78 is 7.26. The monoisotopic (exact) mass is 327 g/mol. The van der Waals surface area contributed by atoms with E-state index in [1.807, 2.05) is 32.5 Å². The first-order chi connectivity index (χ1) is 10.2. The largest absolute Gasteiger partial charge is 0.444 e. The first-order valence-electron chi connectivity index (χ1n) is 7.06. The van der Waals surface area contributed by atoms with Gasteiger partial charge >= 0.3 is 11.9 Å². The average molecular weight is 327 g/mol. The summed E-state index contributed by atoms with van der Waals surface area (Å²) in [7, 11) is 1.87. The Hall–Kier alpha value is -1.87. The van der Waals surface area contributed by atoms with Crippen molar-refractivity contribution in [3.63, 3.8) is 0 Å². The van der Waals surface area contributed by atoms with Crippen molar-refractivity contribution < 1.29 is 14.2 Å². The maximum Gasteiger partial charge on any atom is 0.410 e. The van der Waals surface area contributed by atoms with E-state index in [4.69, 9.17) is 22.8 Å². The highest BCUT2D eigenvalue weighted by molar-refractivity contribution is 7.80. The summed E-state index contributed by atoms with van der Waals surface area (Å²) in [6.45, 7) is 6.64. The molecule has 9 heteroatoms. The van der Waals surface area contributed by atoms with E-state index in [1.165, 1.54) is 0 Å². The fourth-order valence-corrected chi connectivity index (χ4v) is 2.45. The Bertz CT molecular complexity index is 592. The van der Waals surface area contributed by atoms with E-state index >= 15 is 0 Å². The summed E-state index contributed by atoms with van der Waals surface area (Å²) >= 11 is 5.04. The summed E-state index contributed by atoms with van der Waals surface area (Å²) in [5.41, 5.74) is 3.94. The van der Waals surface area contributed by atoms with Crippen molar-refractivity contribution in [3.8, 4) is 0 Å². The Labute approximate surface area is 134 Å². The van der Waals surface area contributed by atoms with Gasteiger partial charge in [0.05, 0.1) is 17.8 Å². The van der Waals surface area contributed by atoms with Crippen LogP contribution < -0.4 is 21.3 Å². The normalized spacial score (nSPS) is 14.3. The van der Waals surface area contributed by atoms with Crippen molar-refractivity contribution in [2.75, 3.05) is 11.9 Å². The van der Waals surface area contributed by atoms with E-state index in [0.29, 0.717) is 18.2 Å². The van der Waals surface area contributed by atoms with Crippen LogP contribution in [0.25, 0.3) is 0 Å². The van der Waals surface area contributed by atoms with Crippen LogP contribution in [0.4, 0.5) is 10.6 Å². The van der Waals surface area contributed by atoms with Crippen molar-refractivity contribution >= 4 is 29.2 Å². The van der Waals surface area contributed by atoms with Gasteiger partial charge in [0.15, 0.2) is 0 Å². The number of amides is 1. The quantitative estimate of drug-likeness (QED) is 0.256. The van der Waals surface area contributed by atoms with Crippen LogP contribution in [0.15, 0.2) is 0 Å². The molecule has 0 saturated carbocycles. The molecule has 0 aliphatic carbocycles. The van der Waals surface area contributed by atoms with Gasteiger partial charge in [-0.3, -0.25) is 5.43 Å². The minimum absolute atomic E-state index is 0.312. The van der Waals surface area contributed by atoms with E-state index in [9.17, 15) is 4.79 Å². The van der Waals surface area contributed by atoms with E-state index < -0.39 is 5.60 Å². The Morgan fingerprint density at radius 1 is 1.50 bits per heavy atom. The molecule has 0 saturated heterocycles. The number of aromatic amines is 1. The molecule has 1 aliphatic heterocycles. The van der Waals surface area contributed by atoms with Crippen LogP contribution in [0, 0.1) is 0 Å². The lowest BCUT2D eigenvalue weighted by molar-refractivity contribution is -0.713. The maximum absolute atomic E-state index is 12.2. The molecule has 0 fully saturated rings. The standard InChI is InChI=1S/C13H22N6O2S/c1-13(2,3)21-12(20)19-6-5-9-8(7-19)10(18(4)17-9)15-11(22)16-14/h5-7,14H2,1-4H3,(H2,15,16,17,22)/p+1. The van der Waals surface area contributed by atoms with Crippen LogP contribution in [-0.4, -0.2) is 33.4 Å². The summed E-state index contributed by atoms with van der Waals surface area (Å²) in [4.78, 5) is 13.9. The molecule has 2 heterocycles. The number of hydrogen-bond acceptors (Lipinski definition) is 4. The van der Waals surface area contributed by atoms with E-state index in [1.54, 1.807) is 4.90 Å². The molecule has 2 rings (SSSR count). The molecule has 0 bridgehead atoms. The lowest BCUT2D eigenvalue weighted by atomic mass is 10.1. The van der Waals surface area contributed by atoms with E-state index in [2.05, 4.69) is 15.8 Å². The van der Waals surface area contributed by atoms with Crippen molar-refractivity contribution in [3.05, 3.63) is 11.3 Å². The molecule has 5 N–H and O–H groups in total. The molecule has 1 aromatic heterocycles. The van der Waals surface area contributed by atoms with Gasteiger partial charge in [0.25, 0.3) is 5.11 Å². The lowest BCUT2D eigenvalue weighted by Crippen LogP contribution is -2.41. The number of carbonyl (C=O) groups excluding carboxylic acids is 1. The molecular weight excluding hydrogens is 304 g/mol. The second-order valence-corrected chi connectivity index (χ2v) is 6.64. The number of anilines is 1. The van der Waals surface area contributed by atoms with Crippen LogP contribution in [-0.2, 0) is 24.8 Å². The molecule has 0 radical (unpaired) electrons. The van der Waals surface area contributed by atoms with Gasteiger partial charge < -0.3 is 9.64 Å². The average Bonchev–Trinajstić information content (AvgIpc) is 2.72. The number of hydrazine groups is 1. The molecule has 1 aliphatic rings. The summed E-state index contributed by atoms with van der Waals surface area (Å²) in [6.07, 6.45) is 0.417. The second kappa shape index (κ2) is 6.09. The highest BCUT2D eigenvalue weighted by Crippen LogP contribution is 2.24. The van der Waals surface area contributed by atoms with Crippen molar-refractivity contribution in [2.45, 2.75) is 39.3 Å². The van der Waals surface area contributed by atoms with Gasteiger partial charge in [0, 0.05) is 13.0 Å². The zero-order valence-corrected chi connectivity index (χ0v) is 14.1. The molecule has 0 atom stereocenters. The summed E-state index contributed by atoms with van der Waals surface area (Å²) in [5.74, 6) is 6.09. The van der Waals surface area contributed by atoms with Crippen molar-refractivity contribution in [1.29, 1.82) is 0 Å². The van der Waals surface area contributed by atoms with Gasteiger partial charge in [-0.2, -0.15) is 4.68 Å². The van der Waals surface area contributed by atoms with Gasteiger partial charge in [-0.1, -0.05) is 0 Å². The lowest BCUT2D eigenvalue weighted by Gasteiger charge is -2.29. The Morgan fingerprint density at radius 2 is 2.18 bits per heavy atom. The fraction of sp³-hybridized carbons (Fsp3) is 0.615. The number of aryl methyl sites for hydroxylation is 1. The number of hydrogen-bond donors (Lipinski definition) is 4. The third-order valence-corrected chi connectivity index (χ3v) is 3.50. The number of nitrogens with two attached hydrogens (primary N) is 1. The van der Waals surface area contributed by atoms with Crippen LogP contribution in [0.1, 0.15) is 32.0 Å². The molecular formula is C13H23N6O2S+. The fourth-order valence-electron chi connectivity index (χ4n) is 2.35. The first-order valence-corrected chi connectivity index (χ1v) is 7.47. The third-order valence-electron chi connectivity index (χ3n) is 3.28. The number of rotatable bonds is 1. The predicted octanol–water partition coefficient (Wildman–Crippen LogP) is 0.292. The van der Waals surface area contributed by atoms with Crippen molar-refractivity contribution in [2.24, 2.45) is 12.9 Å². The molecule has 0 spiro atoms. The number of nitrogens with one attached hydrogen (secondary N) is 3. The summed E-state index contributed by atoms with van der Waals surface area (Å²) in [5, 5.41) is 6.59. The molecule has 122 valence electrons. The van der Waals surface area contributed by atoms with Crippen LogP contribution >= 0.6 is 12.2 Å². The molecule has 1 aromatic rings. The van der Waals surface area contributed by atoms with E-state index in [0.717, 1.165) is 23.5 Å². The zero-order valence-electron chi connectivity index (χ0n) is 13.3. The summed E-state index contributed by atoms with van der Waals surface area (Å²) in [6, 6.07) is 0. The third kappa shape index (κ3) is 3.66. The molecule has 0 unspecified atom stereocenters. The number of fused-ring (bicyclic) bond motifs is 1. The topological polar surface area (TPSA) is 99.3 Å². The van der Waals surface area contributed by atoms with Gasteiger partial charge in [-0.25, -0.2) is 21.1 Å². The molecule has 0 aromatic carbocycles. The van der Waals surface area contributed by atoms with Crippen LogP contribution in [0.5, 0.6) is 0 Å². The van der Waals surface area contributed by atoms with Gasteiger partial charge in [-0.05, 0) is 33.0 Å². The van der Waals surface area contributed by atoms with Gasteiger partial charge in [0.1, 0.15) is 12.6 Å². The number of H-pyrrole nitrogens is 1. The number of nitrogens with zero attached hydrogens (tertiary/aromatic N) is 2. The predicted molar refractivity (Wildman–Crippen MR) is 85.9 cm³/mol. The first kappa shape index (κ1) is 16.5. The van der Waals surface area contributed by atoms with Crippen molar-refractivity contribution in [1.82, 2.24) is 15.4 Å². The smallest absolute Gasteiger partial charge is 0.410 e. The number of aromatic nitrogens is 2. The van der Waals surface area contributed by atoms with Gasteiger partial charge in [0.2, 0.25) is 0 Å². The minimum Gasteiger partial charge on any atom is -0.444 e. The SMILES string of the molecule is C[n+]1[nH]c2c(c1NC(=S)NN)CN(C(=O)OC(C)(C)C)CC2. The Balaban J connectivity index is 2.18. The maximum atomic E-state index is 12.2. The van der Waals surface area contributed by atoms with Crippen LogP contribution in [0.2, 0.25) is 0 Å². The Kier molecular flexibility index (Phi) is 4.57. The number of thiocarbonyl (C=S) groups is 1. The van der Waals surface area contributed by atoms with Gasteiger partial charge in [-0.15, -0.1) is 0 Å². The molecule has 1 amide bonds. The zero-order chi connectivity index (χ0) is 16.5. The molecule has 8 nitrogen and oxygen atoms in total. The highest BCUT2D eigenvalue weighted by atomic mass is 32.1.